The number of amides is 1. The first-order valence-electron chi connectivity index (χ1n) is 5.68. The average molecular weight is 385 g/mol. The second-order valence-electron chi connectivity index (χ2n) is 3.87. The van der Waals surface area contributed by atoms with Crippen molar-refractivity contribution in [2.75, 3.05) is 5.32 Å². The molecule has 3 aromatic heterocycles. The topological polar surface area (TPSA) is 124 Å². The lowest BCUT2D eigenvalue weighted by Crippen LogP contribution is -2.10. The first kappa shape index (κ1) is 14.4. The minimum atomic E-state index is -0.575. The summed E-state index contributed by atoms with van der Waals surface area (Å²) < 4.78 is 11.0. The molecule has 9 nitrogen and oxygen atoms in total. The van der Waals surface area contributed by atoms with Crippen LogP contribution in [0.1, 0.15) is 9.67 Å². The summed E-state index contributed by atoms with van der Waals surface area (Å²) in [5.41, 5.74) is 0. The lowest BCUT2D eigenvalue weighted by atomic mass is 10.4. The van der Waals surface area contributed by atoms with Gasteiger partial charge in [0.1, 0.15) is 0 Å². The van der Waals surface area contributed by atoms with E-state index in [1.54, 1.807) is 12.1 Å². The molecule has 0 unspecified atom stereocenters. The highest BCUT2D eigenvalue weighted by Crippen LogP contribution is 2.26. The fraction of sp³-hybridized carbons (Fsp3) is 0. The van der Waals surface area contributed by atoms with Gasteiger partial charge in [0, 0.05) is 6.07 Å². The SMILES string of the molecule is O=C(Nc1nnc(-c2ccc(Br)o2)o1)c1ccc([N+](=O)[O-])s1. The molecule has 0 aromatic carbocycles. The first-order chi connectivity index (χ1) is 10.5. The van der Waals surface area contributed by atoms with Gasteiger partial charge in [-0.15, -0.1) is 5.10 Å². The van der Waals surface area contributed by atoms with E-state index in [1.165, 1.54) is 12.1 Å². The minimum Gasteiger partial charge on any atom is -0.444 e. The second-order valence-corrected chi connectivity index (χ2v) is 5.71. The normalized spacial score (nSPS) is 10.6. The molecule has 0 saturated carbocycles. The molecule has 22 heavy (non-hydrogen) atoms. The zero-order valence-corrected chi connectivity index (χ0v) is 12.9. The molecule has 0 spiro atoms. The molecular formula is C11H5BrN4O5S. The van der Waals surface area contributed by atoms with Crippen LogP contribution in [0.3, 0.4) is 0 Å². The van der Waals surface area contributed by atoms with E-state index in [1.807, 2.05) is 0 Å². The molecule has 1 N–H and O–H groups in total. The van der Waals surface area contributed by atoms with Gasteiger partial charge < -0.3 is 8.83 Å². The number of carbonyl (C=O) groups is 1. The van der Waals surface area contributed by atoms with E-state index in [-0.39, 0.29) is 21.8 Å². The summed E-state index contributed by atoms with van der Waals surface area (Å²) in [6, 6.07) is 5.73. The van der Waals surface area contributed by atoms with E-state index in [9.17, 15) is 14.9 Å². The fourth-order valence-electron chi connectivity index (χ4n) is 1.51. The van der Waals surface area contributed by atoms with Crippen LogP contribution in [0.5, 0.6) is 0 Å². The largest absolute Gasteiger partial charge is 0.444 e. The van der Waals surface area contributed by atoms with Gasteiger partial charge in [0.05, 0.1) is 9.80 Å². The van der Waals surface area contributed by atoms with Gasteiger partial charge in [-0.2, -0.15) is 0 Å². The van der Waals surface area contributed by atoms with Crippen LogP contribution in [0.2, 0.25) is 0 Å². The zero-order valence-electron chi connectivity index (χ0n) is 10.5. The Labute approximate surface area is 134 Å². The van der Waals surface area contributed by atoms with Crippen LogP contribution in [0.25, 0.3) is 11.7 Å². The molecule has 3 aromatic rings. The van der Waals surface area contributed by atoms with Crippen LogP contribution in [-0.2, 0) is 0 Å². The highest BCUT2D eigenvalue weighted by atomic mass is 79.9. The molecular weight excluding hydrogens is 380 g/mol. The minimum absolute atomic E-state index is 0.0955. The lowest BCUT2D eigenvalue weighted by Gasteiger charge is -1.95. The molecule has 3 rings (SSSR count). The summed E-state index contributed by atoms with van der Waals surface area (Å²) in [4.78, 5) is 22.1. The van der Waals surface area contributed by atoms with Crippen molar-refractivity contribution in [1.29, 1.82) is 0 Å². The number of anilines is 1. The Bertz CT molecular complexity index is 854. The third-order valence-electron chi connectivity index (χ3n) is 2.42. The van der Waals surface area contributed by atoms with Crippen molar-refractivity contribution in [3.63, 3.8) is 0 Å². The number of rotatable bonds is 4. The van der Waals surface area contributed by atoms with Gasteiger partial charge in [0.2, 0.25) is 0 Å². The molecule has 0 saturated heterocycles. The predicted octanol–water partition coefficient (Wildman–Crippen LogP) is 3.31. The average Bonchev–Trinajstić information content (AvgIpc) is 3.17. The summed E-state index contributed by atoms with van der Waals surface area (Å²) >= 11 is 3.89. The number of halogens is 1. The number of nitro groups is 1. The van der Waals surface area contributed by atoms with Crippen molar-refractivity contribution in [1.82, 2.24) is 10.2 Å². The fourth-order valence-corrected chi connectivity index (χ4v) is 2.53. The number of hydrogen-bond donors (Lipinski definition) is 1. The van der Waals surface area contributed by atoms with Crippen molar-refractivity contribution in [3.05, 3.63) is 43.9 Å². The van der Waals surface area contributed by atoms with Crippen molar-refractivity contribution in [2.24, 2.45) is 0 Å². The Morgan fingerprint density at radius 2 is 2.09 bits per heavy atom. The second kappa shape index (κ2) is 5.69. The van der Waals surface area contributed by atoms with Crippen molar-refractivity contribution in [2.45, 2.75) is 0 Å². The standard InChI is InChI=1S/C11H5BrN4O5S/c12-7-3-1-5(20-7)10-14-15-11(21-10)13-9(17)6-2-4-8(22-6)16(18)19/h1-4H,(H,13,15,17). The Morgan fingerprint density at radius 3 is 2.73 bits per heavy atom. The summed E-state index contributed by atoms with van der Waals surface area (Å²) in [7, 11) is 0. The summed E-state index contributed by atoms with van der Waals surface area (Å²) in [6.45, 7) is 0. The van der Waals surface area contributed by atoms with E-state index >= 15 is 0 Å². The molecule has 0 aliphatic carbocycles. The Kier molecular flexibility index (Phi) is 3.73. The smallest absolute Gasteiger partial charge is 0.324 e. The maximum absolute atomic E-state index is 11.9. The van der Waals surface area contributed by atoms with E-state index in [0.717, 1.165) is 11.3 Å². The van der Waals surface area contributed by atoms with Gasteiger partial charge in [-0.1, -0.05) is 16.4 Å². The maximum atomic E-state index is 11.9. The molecule has 0 aliphatic heterocycles. The monoisotopic (exact) mass is 384 g/mol. The van der Waals surface area contributed by atoms with Gasteiger partial charge in [0.25, 0.3) is 11.8 Å². The number of furan rings is 1. The number of carbonyl (C=O) groups excluding carboxylic acids is 1. The van der Waals surface area contributed by atoms with Gasteiger partial charge in [-0.3, -0.25) is 20.2 Å². The molecule has 0 aliphatic rings. The van der Waals surface area contributed by atoms with Crippen molar-refractivity contribution >= 4 is 44.2 Å². The van der Waals surface area contributed by atoms with Crippen LogP contribution < -0.4 is 5.32 Å². The van der Waals surface area contributed by atoms with Crippen LogP contribution in [0.4, 0.5) is 11.0 Å². The van der Waals surface area contributed by atoms with E-state index in [4.69, 9.17) is 8.83 Å². The quantitative estimate of drug-likeness (QED) is 0.540. The molecule has 0 fully saturated rings. The molecule has 112 valence electrons. The summed E-state index contributed by atoms with van der Waals surface area (Å²) in [6.07, 6.45) is 0. The lowest BCUT2D eigenvalue weighted by molar-refractivity contribution is -0.380. The number of nitrogens with one attached hydrogen (secondary N) is 1. The van der Waals surface area contributed by atoms with Crippen LogP contribution in [0, 0.1) is 10.1 Å². The number of aromatic nitrogens is 2. The number of thiophene rings is 1. The highest BCUT2D eigenvalue weighted by Gasteiger charge is 2.18. The molecule has 11 heteroatoms. The Hall–Kier alpha value is -2.53. The zero-order chi connectivity index (χ0) is 15.7. The van der Waals surface area contributed by atoms with Gasteiger partial charge in [-0.25, -0.2) is 0 Å². The van der Waals surface area contributed by atoms with Crippen LogP contribution in [-0.4, -0.2) is 21.0 Å². The third-order valence-corrected chi connectivity index (χ3v) is 3.89. The van der Waals surface area contributed by atoms with Gasteiger partial charge in [0.15, 0.2) is 10.4 Å². The van der Waals surface area contributed by atoms with E-state index in [2.05, 4.69) is 31.4 Å². The third kappa shape index (κ3) is 2.89. The van der Waals surface area contributed by atoms with Crippen LogP contribution in [0.15, 0.2) is 37.8 Å². The summed E-state index contributed by atoms with van der Waals surface area (Å²) in [5, 5.41) is 20.2. The summed E-state index contributed by atoms with van der Waals surface area (Å²) in [5.74, 6) is -0.140. The van der Waals surface area contributed by atoms with E-state index < -0.39 is 10.8 Å². The van der Waals surface area contributed by atoms with Crippen molar-refractivity contribution < 1.29 is 18.6 Å². The molecule has 1 amide bonds. The highest BCUT2D eigenvalue weighted by molar-refractivity contribution is 9.10. The first-order valence-corrected chi connectivity index (χ1v) is 7.28. The van der Waals surface area contributed by atoms with E-state index in [0.29, 0.717) is 10.4 Å². The molecule has 0 radical (unpaired) electrons. The number of hydrogen-bond acceptors (Lipinski definition) is 8. The Morgan fingerprint density at radius 1 is 1.27 bits per heavy atom. The molecule has 0 atom stereocenters. The van der Waals surface area contributed by atoms with Gasteiger partial charge >= 0.3 is 11.0 Å². The molecule has 3 heterocycles. The van der Waals surface area contributed by atoms with Crippen molar-refractivity contribution in [3.8, 4) is 11.7 Å². The Balaban J connectivity index is 1.74. The number of nitrogens with zero attached hydrogens (tertiary/aromatic N) is 3. The van der Waals surface area contributed by atoms with Gasteiger partial charge in [-0.05, 0) is 34.1 Å². The predicted molar refractivity (Wildman–Crippen MR) is 78.6 cm³/mol. The van der Waals surface area contributed by atoms with Crippen LogP contribution >= 0.6 is 27.3 Å². The molecule has 0 bridgehead atoms. The maximum Gasteiger partial charge on any atom is 0.324 e.